The van der Waals surface area contributed by atoms with Crippen LogP contribution in [0.2, 0.25) is 0 Å². The number of nitrogens with zero attached hydrogens (tertiary/aromatic N) is 1. The summed E-state index contributed by atoms with van der Waals surface area (Å²) in [6.45, 7) is 2.32. The molecule has 3 amide bonds. The molecule has 2 aromatic carbocycles. The van der Waals surface area contributed by atoms with Crippen molar-refractivity contribution in [2.45, 2.75) is 13.5 Å². The average molecular weight is 396 g/mol. The highest BCUT2D eigenvalue weighted by molar-refractivity contribution is 7.14. The molecule has 0 unspecified atom stereocenters. The average Bonchev–Trinajstić information content (AvgIpc) is 3.16. The highest BCUT2D eigenvalue weighted by Crippen LogP contribution is 2.17. The van der Waals surface area contributed by atoms with Gasteiger partial charge in [0.25, 0.3) is 5.91 Å². The Morgan fingerprint density at radius 1 is 1.11 bits per heavy atom. The molecular weight excluding hydrogens is 376 g/mol. The minimum absolute atomic E-state index is 0.249. The Bertz CT molecular complexity index is 970. The van der Waals surface area contributed by atoms with Gasteiger partial charge in [0.15, 0.2) is 5.13 Å². The summed E-state index contributed by atoms with van der Waals surface area (Å²) in [7, 11) is 1.59. The molecule has 0 bridgehead atoms. The quantitative estimate of drug-likeness (QED) is 0.586. The molecule has 0 saturated heterocycles. The highest BCUT2D eigenvalue weighted by atomic mass is 32.1. The van der Waals surface area contributed by atoms with Crippen LogP contribution >= 0.6 is 11.3 Å². The third-order valence-electron chi connectivity index (χ3n) is 3.85. The number of methoxy groups -OCH3 is 1. The highest BCUT2D eigenvalue weighted by Gasteiger charge is 2.12. The van der Waals surface area contributed by atoms with Crippen LogP contribution in [0.15, 0.2) is 53.9 Å². The van der Waals surface area contributed by atoms with Gasteiger partial charge in [0.05, 0.1) is 7.11 Å². The summed E-state index contributed by atoms with van der Waals surface area (Å²) in [6, 6.07) is 14.5. The van der Waals surface area contributed by atoms with Crippen LogP contribution in [0.3, 0.4) is 0 Å². The third-order valence-corrected chi connectivity index (χ3v) is 4.61. The standard InChI is InChI=1S/C20H20N4O3S/c1-13-6-8-15(9-7-13)22-19(26)24-20-23-17(12-28-20)18(25)21-11-14-4-3-5-16(10-14)27-2/h3-10,12H,11H2,1-2H3,(H,21,25)(H2,22,23,24,26). The lowest BCUT2D eigenvalue weighted by Crippen LogP contribution is -2.23. The molecule has 0 spiro atoms. The second kappa shape index (κ2) is 9.01. The Hall–Kier alpha value is -3.39. The predicted molar refractivity (Wildman–Crippen MR) is 110 cm³/mol. The number of carbonyl (C=O) groups excluding carboxylic acids is 2. The summed E-state index contributed by atoms with van der Waals surface area (Å²) in [4.78, 5) is 28.5. The maximum atomic E-state index is 12.3. The van der Waals surface area contributed by atoms with Crippen LogP contribution in [0.5, 0.6) is 5.75 Å². The van der Waals surface area contributed by atoms with Gasteiger partial charge in [-0.25, -0.2) is 9.78 Å². The lowest BCUT2D eigenvalue weighted by Gasteiger charge is -2.06. The Morgan fingerprint density at radius 3 is 2.64 bits per heavy atom. The van der Waals surface area contributed by atoms with Crippen molar-refractivity contribution in [3.05, 3.63) is 70.7 Å². The lowest BCUT2D eigenvalue weighted by atomic mass is 10.2. The number of ether oxygens (including phenoxy) is 1. The molecule has 1 heterocycles. The van der Waals surface area contributed by atoms with Gasteiger partial charge in [0.1, 0.15) is 11.4 Å². The summed E-state index contributed by atoms with van der Waals surface area (Å²) < 4.78 is 5.17. The number of thiazole rings is 1. The molecule has 7 nitrogen and oxygen atoms in total. The van der Waals surface area contributed by atoms with Crippen LogP contribution in [0.1, 0.15) is 21.6 Å². The number of hydrogen-bond acceptors (Lipinski definition) is 5. The van der Waals surface area contributed by atoms with Crippen molar-refractivity contribution >= 4 is 34.1 Å². The summed E-state index contributed by atoms with van der Waals surface area (Å²) >= 11 is 1.18. The number of anilines is 2. The van der Waals surface area contributed by atoms with Gasteiger partial charge in [-0.3, -0.25) is 10.1 Å². The molecule has 0 saturated carbocycles. The van der Waals surface area contributed by atoms with Crippen molar-refractivity contribution in [1.82, 2.24) is 10.3 Å². The molecular formula is C20H20N4O3S. The molecule has 0 aliphatic heterocycles. The van der Waals surface area contributed by atoms with Crippen molar-refractivity contribution in [3.63, 3.8) is 0 Å². The molecule has 144 valence electrons. The maximum absolute atomic E-state index is 12.3. The van der Waals surface area contributed by atoms with E-state index in [9.17, 15) is 9.59 Å². The van der Waals surface area contributed by atoms with Crippen molar-refractivity contribution in [2.24, 2.45) is 0 Å². The number of carbonyl (C=O) groups is 2. The van der Waals surface area contributed by atoms with Gasteiger partial charge < -0.3 is 15.4 Å². The fourth-order valence-corrected chi connectivity index (χ4v) is 3.07. The zero-order valence-electron chi connectivity index (χ0n) is 15.5. The van der Waals surface area contributed by atoms with Crippen molar-refractivity contribution in [1.29, 1.82) is 0 Å². The van der Waals surface area contributed by atoms with E-state index in [1.54, 1.807) is 12.5 Å². The molecule has 1 aromatic heterocycles. The summed E-state index contributed by atoms with van der Waals surface area (Å²) in [5, 5.41) is 10.1. The van der Waals surface area contributed by atoms with E-state index < -0.39 is 6.03 Å². The molecule has 0 aliphatic rings. The monoisotopic (exact) mass is 396 g/mol. The second-order valence-electron chi connectivity index (χ2n) is 6.02. The van der Waals surface area contributed by atoms with E-state index in [1.165, 1.54) is 11.3 Å². The largest absolute Gasteiger partial charge is 0.497 e. The van der Waals surface area contributed by atoms with Crippen LogP contribution < -0.4 is 20.7 Å². The first kappa shape index (κ1) is 19.4. The number of urea groups is 1. The fraction of sp³-hybridized carbons (Fsp3) is 0.150. The normalized spacial score (nSPS) is 10.2. The van der Waals surface area contributed by atoms with Gasteiger partial charge in [-0.05, 0) is 36.8 Å². The maximum Gasteiger partial charge on any atom is 0.325 e. The number of rotatable bonds is 6. The lowest BCUT2D eigenvalue weighted by molar-refractivity contribution is 0.0946. The van der Waals surface area contributed by atoms with E-state index in [-0.39, 0.29) is 11.6 Å². The molecule has 28 heavy (non-hydrogen) atoms. The van der Waals surface area contributed by atoms with E-state index in [2.05, 4.69) is 20.9 Å². The van der Waals surface area contributed by atoms with Crippen LogP contribution in [0.4, 0.5) is 15.6 Å². The second-order valence-corrected chi connectivity index (χ2v) is 6.88. The summed E-state index contributed by atoms with van der Waals surface area (Å²) in [5.41, 5.74) is 2.95. The SMILES string of the molecule is COc1cccc(CNC(=O)c2csc(NC(=O)Nc3ccc(C)cc3)n2)c1. The number of aromatic nitrogens is 1. The van der Waals surface area contributed by atoms with E-state index in [1.807, 2.05) is 55.5 Å². The first-order valence-electron chi connectivity index (χ1n) is 8.55. The smallest absolute Gasteiger partial charge is 0.325 e. The van der Waals surface area contributed by atoms with E-state index in [4.69, 9.17) is 4.74 Å². The molecule has 0 fully saturated rings. The first-order chi connectivity index (χ1) is 13.5. The zero-order chi connectivity index (χ0) is 19.9. The molecule has 8 heteroatoms. The van der Waals surface area contributed by atoms with Gasteiger partial charge in [-0.2, -0.15) is 0 Å². The van der Waals surface area contributed by atoms with Crippen LogP contribution in [-0.4, -0.2) is 24.0 Å². The Morgan fingerprint density at radius 2 is 1.89 bits per heavy atom. The molecule has 3 rings (SSSR count). The minimum Gasteiger partial charge on any atom is -0.497 e. The van der Waals surface area contributed by atoms with Gasteiger partial charge in [-0.15, -0.1) is 11.3 Å². The van der Waals surface area contributed by atoms with Crippen LogP contribution in [-0.2, 0) is 6.54 Å². The number of amides is 3. The minimum atomic E-state index is -0.415. The van der Waals surface area contributed by atoms with Gasteiger partial charge in [0.2, 0.25) is 0 Å². The van der Waals surface area contributed by atoms with Crippen LogP contribution in [0, 0.1) is 6.92 Å². The number of aryl methyl sites for hydroxylation is 1. The first-order valence-corrected chi connectivity index (χ1v) is 9.43. The van der Waals surface area contributed by atoms with Crippen LogP contribution in [0.25, 0.3) is 0 Å². The van der Waals surface area contributed by atoms with Gasteiger partial charge >= 0.3 is 6.03 Å². The summed E-state index contributed by atoms with van der Waals surface area (Å²) in [5.74, 6) is 0.414. The van der Waals surface area contributed by atoms with Crippen molar-refractivity contribution < 1.29 is 14.3 Å². The van der Waals surface area contributed by atoms with E-state index in [0.29, 0.717) is 17.4 Å². The van der Waals surface area contributed by atoms with E-state index >= 15 is 0 Å². The van der Waals surface area contributed by atoms with Gasteiger partial charge in [0, 0.05) is 17.6 Å². The number of hydrogen-bond donors (Lipinski definition) is 3. The molecule has 0 aliphatic carbocycles. The van der Waals surface area contributed by atoms with Crippen molar-refractivity contribution in [2.75, 3.05) is 17.7 Å². The topological polar surface area (TPSA) is 92.4 Å². The predicted octanol–water partition coefficient (Wildman–Crippen LogP) is 4.03. The van der Waals surface area contributed by atoms with Crippen molar-refractivity contribution in [3.8, 4) is 5.75 Å². The molecule has 0 radical (unpaired) electrons. The Labute approximate surface area is 166 Å². The Balaban J connectivity index is 1.53. The number of benzene rings is 2. The van der Waals surface area contributed by atoms with E-state index in [0.717, 1.165) is 16.9 Å². The third kappa shape index (κ3) is 5.31. The molecule has 3 aromatic rings. The summed E-state index contributed by atoms with van der Waals surface area (Å²) in [6.07, 6.45) is 0. The number of nitrogens with one attached hydrogen (secondary N) is 3. The Kier molecular flexibility index (Phi) is 6.23. The van der Waals surface area contributed by atoms with Gasteiger partial charge in [-0.1, -0.05) is 29.8 Å². The zero-order valence-corrected chi connectivity index (χ0v) is 16.3. The fourth-order valence-electron chi connectivity index (χ4n) is 2.39. The molecule has 0 atom stereocenters. The molecule has 3 N–H and O–H groups in total.